The van der Waals surface area contributed by atoms with Crippen LogP contribution in [0.25, 0.3) is 0 Å². The van der Waals surface area contributed by atoms with Crippen LogP contribution >= 0.6 is 0 Å². The molecular weight excluding hydrogens is 230 g/mol. The van der Waals surface area contributed by atoms with E-state index in [1.54, 1.807) is 0 Å². The quantitative estimate of drug-likeness (QED) is 0.657. The van der Waals surface area contributed by atoms with E-state index in [1.807, 2.05) is 0 Å². The van der Waals surface area contributed by atoms with Gasteiger partial charge in [-0.1, -0.05) is 4.47 Å². The van der Waals surface area contributed by atoms with Gasteiger partial charge in [0.1, 0.15) is 0 Å². The molecule has 6 nitrogen and oxygen atoms in total. The standard InChI is InChI=1S/C6H13NO5S2/c1-13(8,9)6-14(10,11)7-4-2-3-5-12-7/h2-6H2,1H3. The van der Waals surface area contributed by atoms with E-state index in [4.69, 9.17) is 4.84 Å². The van der Waals surface area contributed by atoms with E-state index in [1.165, 1.54) is 0 Å². The average Bonchev–Trinajstić information content (AvgIpc) is 2.01. The van der Waals surface area contributed by atoms with Crippen molar-refractivity contribution in [1.29, 1.82) is 0 Å². The second kappa shape index (κ2) is 4.13. The topological polar surface area (TPSA) is 80.8 Å². The Morgan fingerprint density at radius 3 is 2.29 bits per heavy atom. The Kier molecular flexibility index (Phi) is 3.51. The molecule has 0 atom stereocenters. The summed E-state index contributed by atoms with van der Waals surface area (Å²) in [5.41, 5.74) is 0. The highest BCUT2D eigenvalue weighted by Crippen LogP contribution is 2.12. The largest absolute Gasteiger partial charge is 0.284 e. The first-order chi connectivity index (χ1) is 6.31. The van der Waals surface area contributed by atoms with E-state index in [0.29, 0.717) is 13.0 Å². The minimum atomic E-state index is -3.82. The second-order valence-electron chi connectivity index (χ2n) is 3.22. The van der Waals surface area contributed by atoms with Gasteiger partial charge in [-0.05, 0) is 12.8 Å². The molecule has 0 aromatic carbocycles. The van der Waals surface area contributed by atoms with Crippen molar-refractivity contribution in [3.8, 4) is 0 Å². The molecule has 0 unspecified atom stereocenters. The number of nitrogens with zero attached hydrogens (tertiary/aromatic N) is 1. The molecule has 0 aromatic rings. The molecule has 1 rings (SSSR count). The first-order valence-corrected chi connectivity index (χ1v) is 7.79. The third-order valence-electron chi connectivity index (χ3n) is 1.64. The zero-order valence-electron chi connectivity index (χ0n) is 7.84. The first kappa shape index (κ1) is 11.9. The van der Waals surface area contributed by atoms with Crippen molar-refractivity contribution in [2.75, 3.05) is 24.5 Å². The molecule has 0 spiro atoms. The number of hydrogen-bond donors (Lipinski definition) is 0. The molecular formula is C6H13NO5S2. The van der Waals surface area contributed by atoms with Crippen LogP contribution in [0.5, 0.6) is 0 Å². The summed E-state index contributed by atoms with van der Waals surface area (Å²) in [4.78, 5) is 4.87. The van der Waals surface area contributed by atoms with Crippen molar-refractivity contribution in [1.82, 2.24) is 4.47 Å². The zero-order chi connectivity index (χ0) is 10.8. The van der Waals surface area contributed by atoms with Gasteiger partial charge in [-0.25, -0.2) is 16.8 Å². The Balaban J connectivity index is 2.74. The fourth-order valence-electron chi connectivity index (χ4n) is 1.12. The number of rotatable bonds is 3. The van der Waals surface area contributed by atoms with Crippen molar-refractivity contribution in [3.05, 3.63) is 0 Å². The van der Waals surface area contributed by atoms with E-state index < -0.39 is 24.9 Å². The summed E-state index contributed by atoms with van der Waals surface area (Å²) < 4.78 is 45.3. The summed E-state index contributed by atoms with van der Waals surface area (Å²) in [5.74, 6) is 0. The Morgan fingerprint density at radius 2 is 1.86 bits per heavy atom. The molecule has 0 N–H and O–H groups in total. The number of hydrogen-bond acceptors (Lipinski definition) is 5. The molecule has 1 fully saturated rings. The maximum absolute atomic E-state index is 11.4. The van der Waals surface area contributed by atoms with Crippen LogP contribution in [0.1, 0.15) is 12.8 Å². The summed E-state index contributed by atoms with van der Waals surface area (Å²) >= 11 is 0. The summed E-state index contributed by atoms with van der Waals surface area (Å²) in [5, 5.41) is -0.889. The van der Waals surface area contributed by atoms with Crippen molar-refractivity contribution in [2.24, 2.45) is 0 Å². The van der Waals surface area contributed by atoms with Crippen LogP contribution in [0, 0.1) is 0 Å². The van der Waals surface area contributed by atoms with Crippen LogP contribution in [0.3, 0.4) is 0 Å². The molecule has 1 aliphatic heterocycles. The van der Waals surface area contributed by atoms with Gasteiger partial charge in [-0.2, -0.15) is 0 Å². The monoisotopic (exact) mass is 243 g/mol. The summed E-state index contributed by atoms with van der Waals surface area (Å²) in [7, 11) is -7.36. The van der Waals surface area contributed by atoms with Gasteiger partial charge in [0.15, 0.2) is 14.9 Å². The lowest BCUT2D eigenvalue weighted by Crippen LogP contribution is -2.38. The Bertz CT molecular complexity index is 378. The molecule has 1 aliphatic rings. The summed E-state index contributed by atoms with van der Waals surface area (Å²) in [6.07, 6.45) is 2.38. The average molecular weight is 243 g/mol. The van der Waals surface area contributed by atoms with Crippen LogP contribution in [0.15, 0.2) is 0 Å². The predicted octanol–water partition coefficient (Wildman–Crippen LogP) is -0.654. The van der Waals surface area contributed by atoms with Crippen LogP contribution in [0.4, 0.5) is 0 Å². The van der Waals surface area contributed by atoms with Crippen LogP contribution in [0.2, 0.25) is 0 Å². The Morgan fingerprint density at radius 1 is 1.21 bits per heavy atom. The van der Waals surface area contributed by atoms with Gasteiger partial charge < -0.3 is 0 Å². The molecule has 1 saturated heterocycles. The highest BCUT2D eigenvalue weighted by atomic mass is 32.3. The highest BCUT2D eigenvalue weighted by Gasteiger charge is 2.28. The minimum Gasteiger partial charge on any atom is -0.284 e. The molecule has 0 amide bonds. The molecule has 8 heteroatoms. The molecule has 0 aromatic heterocycles. The van der Waals surface area contributed by atoms with E-state index in [-0.39, 0.29) is 6.54 Å². The lowest BCUT2D eigenvalue weighted by Gasteiger charge is -2.24. The zero-order valence-corrected chi connectivity index (χ0v) is 9.47. The van der Waals surface area contributed by atoms with Gasteiger partial charge in [-0.3, -0.25) is 4.84 Å². The third kappa shape index (κ3) is 3.52. The normalized spacial score (nSPS) is 20.9. The maximum atomic E-state index is 11.4. The van der Waals surface area contributed by atoms with Crippen molar-refractivity contribution >= 4 is 19.9 Å². The second-order valence-corrected chi connectivity index (χ2v) is 7.59. The van der Waals surface area contributed by atoms with E-state index in [0.717, 1.165) is 17.1 Å². The van der Waals surface area contributed by atoms with Gasteiger partial charge in [0.05, 0.1) is 6.61 Å². The van der Waals surface area contributed by atoms with Crippen molar-refractivity contribution in [3.63, 3.8) is 0 Å². The lowest BCUT2D eigenvalue weighted by molar-refractivity contribution is -0.108. The molecule has 84 valence electrons. The van der Waals surface area contributed by atoms with E-state index in [9.17, 15) is 16.8 Å². The van der Waals surface area contributed by atoms with Gasteiger partial charge in [0.2, 0.25) is 10.0 Å². The molecule has 0 radical (unpaired) electrons. The van der Waals surface area contributed by atoms with Gasteiger partial charge in [0.25, 0.3) is 0 Å². The molecule has 0 bridgehead atoms. The molecule has 14 heavy (non-hydrogen) atoms. The van der Waals surface area contributed by atoms with Gasteiger partial charge >= 0.3 is 0 Å². The smallest absolute Gasteiger partial charge is 0.250 e. The van der Waals surface area contributed by atoms with Gasteiger partial charge in [0, 0.05) is 12.8 Å². The van der Waals surface area contributed by atoms with Gasteiger partial charge in [-0.15, -0.1) is 0 Å². The van der Waals surface area contributed by atoms with Crippen LogP contribution < -0.4 is 0 Å². The SMILES string of the molecule is CS(=O)(=O)CS(=O)(=O)N1CCCCO1. The Labute approximate surface area is 83.8 Å². The van der Waals surface area contributed by atoms with Crippen LogP contribution in [-0.2, 0) is 24.7 Å². The van der Waals surface area contributed by atoms with E-state index in [2.05, 4.69) is 0 Å². The number of hydroxylamine groups is 1. The summed E-state index contributed by atoms with van der Waals surface area (Å²) in [6, 6.07) is 0. The number of sulfone groups is 1. The minimum absolute atomic E-state index is 0.234. The maximum Gasteiger partial charge on any atom is 0.250 e. The summed E-state index contributed by atoms with van der Waals surface area (Å²) in [6.45, 7) is 0.556. The number of sulfonamides is 1. The van der Waals surface area contributed by atoms with E-state index >= 15 is 0 Å². The van der Waals surface area contributed by atoms with Crippen molar-refractivity contribution < 1.29 is 21.7 Å². The molecule has 1 heterocycles. The highest BCUT2D eigenvalue weighted by molar-refractivity contribution is 8.06. The fraction of sp³-hybridized carbons (Fsp3) is 1.00. The molecule has 0 aliphatic carbocycles. The first-order valence-electron chi connectivity index (χ1n) is 4.12. The fourth-order valence-corrected chi connectivity index (χ4v) is 4.40. The lowest BCUT2D eigenvalue weighted by atomic mass is 10.3. The predicted molar refractivity (Wildman–Crippen MR) is 50.5 cm³/mol. The molecule has 0 saturated carbocycles. The third-order valence-corrected chi connectivity index (χ3v) is 5.46. The Hall–Kier alpha value is -0.180. The van der Waals surface area contributed by atoms with Crippen molar-refractivity contribution in [2.45, 2.75) is 12.8 Å². The van der Waals surface area contributed by atoms with Crippen LogP contribution in [-0.4, -0.2) is 45.8 Å².